The van der Waals surface area contributed by atoms with Crippen LogP contribution in [0.2, 0.25) is 5.02 Å². The number of nitrogens with one attached hydrogen (secondary N) is 1. The van der Waals surface area contributed by atoms with E-state index in [0.29, 0.717) is 17.7 Å². The summed E-state index contributed by atoms with van der Waals surface area (Å²) in [6, 6.07) is 7.48. The Morgan fingerprint density at radius 3 is 2.62 bits per heavy atom. The molecule has 0 saturated heterocycles. The summed E-state index contributed by atoms with van der Waals surface area (Å²) in [5.74, 6) is -1.48. The van der Waals surface area contributed by atoms with E-state index in [9.17, 15) is 22.4 Å². The predicted octanol–water partition coefficient (Wildman–Crippen LogP) is 6.95. The molecular weight excluding hydrogens is 490 g/mol. The molecule has 0 bridgehead atoms. The van der Waals surface area contributed by atoms with E-state index in [4.69, 9.17) is 11.6 Å². The van der Waals surface area contributed by atoms with Crippen LogP contribution < -0.4 is 4.72 Å². The lowest BCUT2D eigenvalue weighted by Crippen LogP contribution is -2.18. The molecule has 2 aromatic carbocycles. The van der Waals surface area contributed by atoms with Crippen molar-refractivity contribution in [1.82, 2.24) is 14.5 Å². The number of amides is 1. The van der Waals surface area contributed by atoms with Crippen LogP contribution in [-0.2, 0) is 12.6 Å². The minimum Gasteiger partial charge on any atom is -0.296 e. The van der Waals surface area contributed by atoms with Gasteiger partial charge >= 0.3 is 6.18 Å². The first-order valence-corrected chi connectivity index (χ1v) is 11.8. The Morgan fingerprint density at radius 1 is 1.24 bits per heavy atom. The first-order valence-electron chi connectivity index (χ1n) is 10.2. The normalized spacial score (nSPS) is 14.7. The molecule has 0 atom stereocenters. The summed E-state index contributed by atoms with van der Waals surface area (Å²) >= 11 is 7.43. The molecule has 1 aliphatic carbocycles. The fourth-order valence-corrected chi connectivity index (χ4v) is 4.52. The molecule has 1 aromatic heterocycles. The summed E-state index contributed by atoms with van der Waals surface area (Å²) in [6.45, 7) is 3.93. The molecular formula is C24H20ClF4N3OS. The minimum absolute atomic E-state index is 0.0341. The zero-order valence-electron chi connectivity index (χ0n) is 18.4. The van der Waals surface area contributed by atoms with Gasteiger partial charge in [-0.2, -0.15) is 18.3 Å². The largest absolute Gasteiger partial charge is 0.417 e. The molecule has 0 unspecified atom stereocenters. The number of hydrogen-bond acceptors (Lipinski definition) is 3. The van der Waals surface area contributed by atoms with Gasteiger partial charge in [-0.1, -0.05) is 61.7 Å². The molecule has 178 valence electrons. The van der Waals surface area contributed by atoms with E-state index >= 15 is 0 Å². The molecule has 0 aliphatic heterocycles. The SMILES string of the molecule is CSNC(=O)c1cc(Cl)c(-n2nc(-c3ccccc3C(F)(F)F)c3c2C=CC(C)(C)C3)cc1F. The van der Waals surface area contributed by atoms with Crippen molar-refractivity contribution >= 4 is 35.5 Å². The van der Waals surface area contributed by atoms with Crippen LogP contribution in [-0.4, -0.2) is 21.9 Å². The molecule has 1 amide bonds. The summed E-state index contributed by atoms with van der Waals surface area (Å²) in [7, 11) is 0. The Labute approximate surface area is 203 Å². The van der Waals surface area contributed by atoms with Gasteiger partial charge in [0.25, 0.3) is 5.91 Å². The van der Waals surface area contributed by atoms with Crippen molar-refractivity contribution in [3.63, 3.8) is 0 Å². The Hall–Kier alpha value is -2.78. The van der Waals surface area contributed by atoms with Crippen molar-refractivity contribution in [2.45, 2.75) is 26.4 Å². The lowest BCUT2D eigenvalue weighted by Gasteiger charge is -2.25. The second kappa shape index (κ2) is 8.78. The van der Waals surface area contributed by atoms with E-state index in [2.05, 4.69) is 9.82 Å². The molecule has 0 fully saturated rings. The summed E-state index contributed by atoms with van der Waals surface area (Å²) < 4.78 is 60.0. The summed E-state index contributed by atoms with van der Waals surface area (Å²) in [5, 5.41) is 4.53. The average molecular weight is 510 g/mol. The molecule has 0 radical (unpaired) electrons. The van der Waals surface area contributed by atoms with Gasteiger partial charge < -0.3 is 0 Å². The first-order chi connectivity index (χ1) is 15.9. The van der Waals surface area contributed by atoms with E-state index in [1.165, 1.54) is 28.9 Å². The van der Waals surface area contributed by atoms with Crippen LogP contribution in [0, 0.1) is 11.2 Å². The molecule has 10 heteroatoms. The van der Waals surface area contributed by atoms with E-state index in [-0.39, 0.29) is 32.9 Å². The van der Waals surface area contributed by atoms with Crippen LogP contribution in [0.1, 0.15) is 41.0 Å². The van der Waals surface area contributed by atoms with Crippen LogP contribution in [0.3, 0.4) is 0 Å². The van der Waals surface area contributed by atoms with E-state index in [1.807, 2.05) is 19.9 Å². The molecule has 1 N–H and O–H groups in total. The van der Waals surface area contributed by atoms with Crippen molar-refractivity contribution in [1.29, 1.82) is 0 Å². The van der Waals surface area contributed by atoms with Crippen molar-refractivity contribution in [2.24, 2.45) is 5.41 Å². The third-order valence-electron chi connectivity index (χ3n) is 5.54. The van der Waals surface area contributed by atoms with Gasteiger partial charge in [0, 0.05) is 23.4 Å². The fourth-order valence-electron chi connectivity index (χ4n) is 3.99. The molecule has 34 heavy (non-hydrogen) atoms. The van der Waals surface area contributed by atoms with Crippen LogP contribution >= 0.6 is 23.5 Å². The number of carbonyl (C=O) groups excluding carboxylic acids is 1. The number of halogens is 5. The van der Waals surface area contributed by atoms with Gasteiger partial charge in [-0.25, -0.2) is 9.07 Å². The number of aromatic nitrogens is 2. The predicted molar refractivity (Wildman–Crippen MR) is 126 cm³/mol. The average Bonchev–Trinajstić information content (AvgIpc) is 3.11. The molecule has 0 saturated carbocycles. The third kappa shape index (κ3) is 4.46. The van der Waals surface area contributed by atoms with Gasteiger partial charge in [-0.3, -0.25) is 9.52 Å². The third-order valence-corrected chi connectivity index (χ3v) is 6.23. The lowest BCUT2D eigenvalue weighted by molar-refractivity contribution is -0.137. The van der Waals surface area contributed by atoms with Crippen LogP contribution in [0.4, 0.5) is 17.6 Å². The number of fused-ring (bicyclic) bond motifs is 1. The maximum absolute atomic E-state index is 14.9. The van der Waals surface area contributed by atoms with Crippen molar-refractivity contribution < 1.29 is 22.4 Å². The summed E-state index contributed by atoms with van der Waals surface area (Å²) in [6.07, 6.45) is 1.15. The highest BCUT2D eigenvalue weighted by atomic mass is 35.5. The number of rotatable bonds is 4. The van der Waals surface area contributed by atoms with Gasteiger partial charge in [0.2, 0.25) is 0 Å². The van der Waals surface area contributed by atoms with E-state index in [1.54, 1.807) is 12.3 Å². The Kier molecular flexibility index (Phi) is 6.29. The molecule has 1 heterocycles. The maximum atomic E-state index is 14.9. The monoisotopic (exact) mass is 509 g/mol. The highest BCUT2D eigenvalue weighted by Gasteiger charge is 2.36. The second-order valence-corrected chi connectivity index (χ2v) is 9.60. The van der Waals surface area contributed by atoms with E-state index in [0.717, 1.165) is 24.1 Å². The molecule has 4 nitrogen and oxygen atoms in total. The highest BCUT2D eigenvalue weighted by Crippen LogP contribution is 2.43. The number of hydrogen-bond donors (Lipinski definition) is 1. The number of allylic oxidation sites excluding steroid dienone is 1. The topological polar surface area (TPSA) is 46.9 Å². The number of benzene rings is 2. The number of alkyl halides is 3. The fraction of sp³-hybridized carbons (Fsp3) is 0.250. The zero-order chi connectivity index (χ0) is 24.8. The number of nitrogens with zero attached hydrogens (tertiary/aromatic N) is 2. The van der Waals surface area contributed by atoms with Gasteiger partial charge in [0.15, 0.2) is 0 Å². The first kappa shape index (κ1) is 24.3. The lowest BCUT2D eigenvalue weighted by atomic mass is 9.80. The zero-order valence-corrected chi connectivity index (χ0v) is 20.0. The molecule has 3 aromatic rings. The van der Waals surface area contributed by atoms with Crippen LogP contribution in [0.5, 0.6) is 0 Å². The van der Waals surface area contributed by atoms with E-state index < -0.39 is 23.5 Å². The van der Waals surface area contributed by atoms with Crippen molar-refractivity contribution in [3.8, 4) is 16.9 Å². The van der Waals surface area contributed by atoms with Crippen molar-refractivity contribution in [3.05, 3.63) is 75.7 Å². The maximum Gasteiger partial charge on any atom is 0.417 e. The molecule has 4 rings (SSSR count). The summed E-state index contributed by atoms with van der Waals surface area (Å²) in [4.78, 5) is 12.1. The number of carbonyl (C=O) groups is 1. The van der Waals surface area contributed by atoms with Gasteiger partial charge in [0.05, 0.1) is 33.2 Å². The molecule has 0 spiro atoms. The van der Waals surface area contributed by atoms with Gasteiger partial charge in [-0.05, 0) is 30.0 Å². The Bertz CT molecular complexity index is 1310. The summed E-state index contributed by atoms with van der Waals surface area (Å²) in [5.41, 5.74) is -0.0586. The highest BCUT2D eigenvalue weighted by molar-refractivity contribution is 7.97. The standard InChI is InChI=1S/C24H20ClF4N3OS/c1-23(2)9-8-19-15(12-23)21(13-6-4-5-7-16(13)24(27,28)29)30-32(19)20-11-18(26)14(10-17(20)25)22(33)31-34-3/h4-11H,12H2,1-3H3,(H,31,33). The smallest absolute Gasteiger partial charge is 0.296 e. The second-order valence-electron chi connectivity index (χ2n) is 8.59. The molecule has 1 aliphatic rings. The van der Waals surface area contributed by atoms with Crippen LogP contribution in [0.25, 0.3) is 23.0 Å². The van der Waals surface area contributed by atoms with Gasteiger partial charge in [-0.15, -0.1) is 0 Å². The Morgan fingerprint density at radius 2 is 1.94 bits per heavy atom. The van der Waals surface area contributed by atoms with Crippen LogP contribution in [0.15, 0.2) is 42.5 Å². The minimum atomic E-state index is -4.58. The van der Waals surface area contributed by atoms with Crippen molar-refractivity contribution in [2.75, 3.05) is 6.26 Å². The quantitative estimate of drug-likeness (QED) is 0.305. The Balaban J connectivity index is 1.96. The van der Waals surface area contributed by atoms with Gasteiger partial charge in [0.1, 0.15) is 5.82 Å².